The summed E-state index contributed by atoms with van der Waals surface area (Å²) in [7, 11) is 2.01. The molecule has 0 unspecified atom stereocenters. The van der Waals surface area contributed by atoms with E-state index < -0.39 is 0 Å². The van der Waals surface area contributed by atoms with Crippen molar-refractivity contribution in [2.45, 2.75) is 19.3 Å². The van der Waals surface area contributed by atoms with Crippen LogP contribution in [0, 0.1) is 17.8 Å². The Kier molecular flexibility index (Phi) is 5.73. The standard InChI is InChI=1S/C20H24N4O/c1-23-14-12-21-19(23)15-18-10-6-13-24(16-18)20(25)22-11-5-9-17-7-3-2-4-8-17/h2-4,7-8,12,14,18H,6,10-11,13,15-16H2,1H3,(H,22,25)/t18-/m1/s1. The minimum atomic E-state index is -0.0214. The van der Waals surface area contributed by atoms with Gasteiger partial charge in [-0.2, -0.15) is 0 Å². The summed E-state index contributed by atoms with van der Waals surface area (Å²) in [5, 5.41) is 2.91. The molecule has 0 aliphatic carbocycles. The molecule has 1 aromatic carbocycles. The number of nitrogens with zero attached hydrogens (tertiary/aromatic N) is 3. The number of rotatable bonds is 3. The van der Waals surface area contributed by atoms with Crippen LogP contribution in [0.2, 0.25) is 0 Å². The summed E-state index contributed by atoms with van der Waals surface area (Å²) in [6.45, 7) is 1.97. The van der Waals surface area contributed by atoms with Gasteiger partial charge < -0.3 is 14.8 Å². The lowest BCUT2D eigenvalue weighted by Crippen LogP contribution is -2.46. The number of aromatic nitrogens is 2. The van der Waals surface area contributed by atoms with Crippen molar-refractivity contribution < 1.29 is 4.79 Å². The third-order valence-corrected chi connectivity index (χ3v) is 4.53. The Labute approximate surface area is 149 Å². The lowest BCUT2D eigenvalue weighted by molar-refractivity contribution is 0.165. The molecule has 130 valence electrons. The molecule has 0 radical (unpaired) electrons. The number of likely N-dealkylation sites (tertiary alicyclic amines) is 1. The fourth-order valence-electron chi connectivity index (χ4n) is 3.17. The fraction of sp³-hybridized carbons (Fsp3) is 0.400. The van der Waals surface area contributed by atoms with Crippen molar-refractivity contribution in [3.05, 3.63) is 54.1 Å². The molecular weight excluding hydrogens is 312 g/mol. The third kappa shape index (κ3) is 4.87. The van der Waals surface area contributed by atoms with Gasteiger partial charge in [-0.1, -0.05) is 30.0 Å². The van der Waals surface area contributed by atoms with E-state index in [4.69, 9.17) is 0 Å². The van der Waals surface area contributed by atoms with E-state index in [9.17, 15) is 4.79 Å². The van der Waals surface area contributed by atoms with Crippen molar-refractivity contribution in [3.8, 4) is 11.8 Å². The number of carbonyl (C=O) groups excluding carboxylic acids is 1. The summed E-state index contributed by atoms with van der Waals surface area (Å²) >= 11 is 0. The van der Waals surface area contributed by atoms with Crippen LogP contribution >= 0.6 is 0 Å². The maximum atomic E-state index is 12.4. The van der Waals surface area contributed by atoms with Gasteiger partial charge in [-0.3, -0.25) is 0 Å². The smallest absolute Gasteiger partial charge is 0.318 e. The topological polar surface area (TPSA) is 50.2 Å². The van der Waals surface area contributed by atoms with Crippen LogP contribution in [0.1, 0.15) is 24.2 Å². The lowest BCUT2D eigenvalue weighted by Gasteiger charge is -2.32. The molecule has 1 aliphatic rings. The molecule has 25 heavy (non-hydrogen) atoms. The number of carbonyl (C=O) groups is 1. The highest BCUT2D eigenvalue weighted by molar-refractivity contribution is 5.74. The molecule has 2 heterocycles. The minimum Gasteiger partial charge on any atom is -0.338 e. The van der Waals surface area contributed by atoms with Crippen molar-refractivity contribution in [1.29, 1.82) is 0 Å². The highest BCUT2D eigenvalue weighted by Crippen LogP contribution is 2.20. The predicted octanol–water partition coefficient (Wildman–Crippen LogP) is 2.44. The van der Waals surface area contributed by atoms with Crippen LogP contribution in [-0.4, -0.2) is 40.1 Å². The molecule has 1 fully saturated rings. The fourth-order valence-corrected chi connectivity index (χ4v) is 3.17. The molecule has 0 saturated carbocycles. The number of hydrogen-bond donors (Lipinski definition) is 1. The van der Waals surface area contributed by atoms with Crippen LogP contribution in [0.3, 0.4) is 0 Å². The van der Waals surface area contributed by atoms with Gasteiger partial charge >= 0.3 is 6.03 Å². The van der Waals surface area contributed by atoms with E-state index in [2.05, 4.69) is 26.7 Å². The van der Waals surface area contributed by atoms with Gasteiger partial charge in [0, 0.05) is 44.5 Å². The Hall–Kier alpha value is -2.74. The monoisotopic (exact) mass is 336 g/mol. The molecule has 2 amide bonds. The third-order valence-electron chi connectivity index (χ3n) is 4.53. The molecule has 0 bridgehead atoms. The molecular formula is C20H24N4O. The zero-order valence-corrected chi connectivity index (χ0v) is 14.6. The molecule has 1 aliphatic heterocycles. The van der Waals surface area contributed by atoms with Crippen molar-refractivity contribution in [3.63, 3.8) is 0 Å². The Morgan fingerprint density at radius 1 is 1.36 bits per heavy atom. The maximum absolute atomic E-state index is 12.4. The van der Waals surface area contributed by atoms with Gasteiger partial charge in [0.25, 0.3) is 0 Å². The normalized spacial score (nSPS) is 16.8. The molecule has 1 saturated heterocycles. The minimum absolute atomic E-state index is 0.0214. The molecule has 1 aromatic heterocycles. The second kappa shape index (κ2) is 8.39. The second-order valence-electron chi connectivity index (χ2n) is 6.44. The molecule has 1 N–H and O–H groups in total. The number of imidazole rings is 1. The Bertz CT molecular complexity index is 757. The van der Waals surface area contributed by atoms with Crippen LogP contribution in [0.15, 0.2) is 42.7 Å². The van der Waals surface area contributed by atoms with E-state index in [1.807, 2.05) is 54.7 Å². The number of piperidine rings is 1. The van der Waals surface area contributed by atoms with Crippen LogP contribution in [-0.2, 0) is 13.5 Å². The molecule has 0 spiro atoms. The maximum Gasteiger partial charge on any atom is 0.318 e. The van der Waals surface area contributed by atoms with E-state index in [-0.39, 0.29) is 6.03 Å². The van der Waals surface area contributed by atoms with Crippen molar-refractivity contribution in [2.24, 2.45) is 13.0 Å². The summed E-state index contributed by atoms with van der Waals surface area (Å²) in [6, 6.07) is 9.77. The predicted molar refractivity (Wildman–Crippen MR) is 97.9 cm³/mol. The number of benzene rings is 1. The summed E-state index contributed by atoms with van der Waals surface area (Å²) in [5.41, 5.74) is 0.963. The van der Waals surface area contributed by atoms with E-state index in [1.54, 1.807) is 0 Å². The second-order valence-corrected chi connectivity index (χ2v) is 6.44. The van der Waals surface area contributed by atoms with Gasteiger partial charge in [-0.25, -0.2) is 9.78 Å². The highest BCUT2D eigenvalue weighted by atomic mass is 16.2. The highest BCUT2D eigenvalue weighted by Gasteiger charge is 2.24. The average Bonchev–Trinajstić information content (AvgIpc) is 3.04. The first-order chi connectivity index (χ1) is 12.2. The summed E-state index contributed by atoms with van der Waals surface area (Å²) in [6.07, 6.45) is 6.89. The van der Waals surface area contributed by atoms with Gasteiger partial charge in [0.05, 0.1) is 6.54 Å². The van der Waals surface area contributed by atoms with Crippen molar-refractivity contribution in [2.75, 3.05) is 19.6 Å². The van der Waals surface area contributed by atoms with Gasteiger partial charge in [0.15, 0.2) is 0 Å². The first-order valence-corrected chi connectivity index (χ1v) is 8.75. The first-order valence-electron chi connectivity index (χ1n) is 8.75. The Balaban J connectivity index is 1.47. The van der Waals surface area contributed by atoms with Crippen LogP contribution < -0.4 is 5.32 Å². The van der Waals surface area contributed by atoms with Crippen molar-refractivity contribution in [1.82, 2.24) is 19.8 Å². The van der Waals surface area contributed by atoms with Crippen LogP contribution in [0.4, 0.5) is 4.79 Å². The molecule has 3 rings (SSSR count). The summed E-state index contributed by atoms with van der Waals surface area (Å²) in [4.78, 5) is 18.6. The van der Waals surface area contributed by atoms with E-state index in [0.717, 1.165) is 43.7 Å². The van der Waals surface area contributed by atoms with Gasteiger partial charge in [0.1, 0.15) is 5.82 Å². The Morgan fingerprint density at radius 3 is 2.96 bits per heavy atom. The summed E-state index contributed by atoms with van der Waals surface area (Å²) in [5.74, 6) is 7.61. The molecule has 1 atom stereocenters. The largest absolute Gasteiger partial charge is 0.338 e. The average molecular weight is 336 g/mol. The SMILES string of the molecule is Cn1ccnc1C[C@H]1CCCN(C(=O)NCC#Cc2ccccc2)C1. The van der Waals surface area contributed by atoms with E-state index in [1.165, 1.54) is 0 Å². The van der Waals surface area contributed by atoms with Crippen molar-refractivity contribution >= 4 is 6.03 Å². The zero-order valence-electron chi connectivity index (χ0n) is 14.6. The van der Waals surface area contributed by atoms with E-state index >= 15 is 0 Å². The molecule has 5 nitrogen and oxygen atoms in total. The first kappa shape index (κ1) is 17.1. The quantitative estimate of drug-likeness (QED) is 0.875. The lowest BCUT2D eigenvalue weighted by atomic mass is 9.94. The number of nitrogens with one attached hydrogen (secondary N) is 1. The number of hydrogen-bond acceptors (Lipinski definition) is 2. The van der Waals surface area contributed by atoms with E-state index in [0.29, 0.717) is 12.5 Å². The molecule has 2 aromatic rings. The van der Waals surface area contributed by atoms with Gasteiger partial charge in [-0.15, -0.1) is 0 Å². The zero-order chi connectivity index (χ0) is 17.5. The number of urea groups is 1. The number of amides is 2. The number of aryl methyl sites for hydroxylation is 1. The Morgan fingerprint density at radius 2 is 2.20 bits per heavy atom. The van der Waals surface area contributed by atoms with Gasteiger partial charge in [-0.05, 0) is 30.9 Å². The van der Waals surface area contributed by atoms with Gasteiger partial charge in [0.2, 0.25) is 0 Å². The molecule has 5 heteroatoms. The van der Waals surface area contributed by atoms with Crippen LogP contribution in [0.5, 0.6) is 0 Å². The van der Waals surface area contributed by atoms with Crippen LogP contribution in [0.25, 0.3) is 0 Å². The summed E-state index contributed by atoms with van der Waals surface area (Å²) < 4.78 is 2.05.